The van der Waals surface area contributed by atoms with Crippen LogP contribution in [0.15, 0.2) is 90.3 Å². The van der Waals surface area contributed by atoms with Crippen LogP contribution in [0.3, 0.4) is 0 Å². The Bertz CT molecular complexity index is 745. The van der Waals surface area contributed by atoms with E-state index in [1.54, 1.807) is 6.20 Å². The van der Waals surface area contributed by atoms with Crippen molar-refractivity contribution in [2.24, 2.45) is 5.16 Å². The molecular weight excluding hydrogens is 320 g/mol. The van der Waals surface area contributed by atoms with Crippen molar-refractivity contribution in [2.75, 3.05) is 6.61 Å². The molecule has 3 nitrogen and oxygen atoms in total. The molecular formula is C23H24N2O. The summed E-state index contributed by atoms with van der Waals surface area (Å²) < 4.78 is 0. The maximum absolute atomic E-state index is 5.62. The molecule has 2 aromatic carbocycles. The van der Waals surface area contributed by atoms with Gasteiger partial charge in [0.15, 0.2) is 0 Å². The SMILES string of the molecule is c1ccc(CCCCCON=C(c2ccccc2)c2cccnc2)cc1. The van der Waals surface area contributed by atoms with Gasteiger partial charge in [-0.15, -0.1) is 0 Å². The highest BCUT2D eigenvalue weighted by molar-refractivity contribution is 6.12. The number of benzene rings is 2. The Balaban J connectivity index is 1.49. The molecule has 0 unspecified atom stereocenters. The molecule has 0 spiro atoms. The van der Waals surface area contributed by atoms with E-state index < -0.39 is 0 Å². The number of rotatable bonds is 9. The Morgan fingerprint density at radius 3 is 2.23 bits per heavy atom. The molecule has 3 heteroatoms. The van der Waals surface area contributed by atoms with Crippen LogP contribution in [0.1, 0.15) is 36.0 Å². The Morgan fingerprint density at radius 1 is 0.769 bits per heavy atom. The molecule has 0 aliphatic heterocycles. The summed E-state index contributed by atoms with van der Waals surface area (Å²) in [5.74, 6) is 0. The predicted molar refractivity (Wildman–Crippen MR) is 106 cm³/mol. The first kappa shape index (κ1) is 17.9. The van der Waals surface area contributed by atoms with Crippen molar-refractivity contribution < 1.29 is 4.84 Å². The molecule has 0 saturated heterocycles. The average Bonchev–Trinajstić information content (AvgIpc) is 2.72. The van der Waals surface area contributed by atoms with Gasteiger partial charge in [-0.25, -0.2) is 0 Å². The Hall–Kier alpha value is -2.94. The van der Waals surface area contributed by atoms with Crippen LogP contribution in [-0.2, 0) is 11.3 Å². The second-order valence-corrected chi connectivity index (χ2v) is 6.18. The molecule has 3 rings (SSSR count). The third kappa shape index (κ3) is 5.55. The van der Waals surface area contributed by atoms with Gasteiger partial charge in [-0.05, 0) is 43.4 Å². The summed E-state index contributed by atoms with van der Waals surface area (Å²) in [6.07, 6.45) is 8.01. The fourth-order valence-electron chi connectivity index (χ4n) is 2.80. The van der Waals surface area contributed by atoms with E-state index in [2.05, 4.69) is 40.5 Å². The van der Waals surface area contributed by atoms with Gasteiger partial charge in [0, 0.05) is 23.5 Å². The normalized spacial score (nSPS) is 11.3. The number of oxime groups is 1. The summed E-state index contributed by atoms with van der Waals surface area (Å²) in [7, 11) is 0. The lowest BCUT2D eigenvalue weighted by molar-refractivity contribution is 0.140. The van der Waals surface area contributed by atoms with Crippen LogP contribution in [0.4, 0.5) is 0 Å². The lowest BCUT2D eigenvalue weighted by Crippen LogP contribution is -2.05. The first-order valence-electron chi connectivity index (χ1n) is 9.13. The van der Waals surface area contributed by atoms with Gasteiger partial charge >= 0.3 is 0 Å². The number of nitrogens with zero attached hydrogens (tertiary/aromatic N) is 2. The summed E-state index contributed by atoms with van der Waals surface area (Å²) >= 11 is 0. The van der Waals surface area contributed by atoms with E-state index in [4.69, 9.17) is 4.84 Å². The van der Waals surface area contributed by atoms with Crippen molar-refractivity contribution in [3.05, 3.63) is 102 Å². The monoisotopic (exact) mass is 344 g/mol. The van der Waals surface area contributed by atoms with Crippen molar-refractivity contribution in [2.45, 2.75) is 25.7 Å². The van der Waals surface area contributed by atoms with Crippen LogP contribution in [-0.4, -0.2) is 17.3 Å². The van der Waals surface area contributed by atoms with E-state index in [1.165, 1.54) is 12.0 Å². The zero-order valence-electron chi connectivity index (χ0n) is 14.9. The largest absolute Gasteiger partial charge is 0.395 e. The van der Waals surface area contributed by atoms with Gasteiger partial charge < -0.3 is 4.84 Å². The molecule has 0 atom stereocenters. The second-order valence-electron chi connectivity index (χ2n) is 6.18. The van der Waals surface area contributed by atoms with Gasteiger partial charge in [0.2, 0.25) is 0 Å². The number of aryl methyl sites for hydroxylation is 1. The third-order valence-corrected chi connectivity index (χ3v) is 4.18. The Kier molecular flexibility index (Phi) is 6.97. The molecule has 0 bridgehead atoms. The van der Waals surface area contributed by atoms with Gasteiger partial charge in [-0.1, -0.05) is 65.8 Å². The molecule has 0 amide bonds. The molecule has 0 fully saturated rings. The van der Waals surface area contributed by atoms with E-state index in [0.717, 1.165) is 36.1 Å². The van der Waals surface area contributed by atoms with Gasteiger partial charge in [-0.2, -0.15) is 0 Å². The molecule has 26 heavy (non-hydrogen) atoms. The van der Waals surface area contributed by atoms with Crippen molar-refractivity contribution in [3.63, 3.8) is 0 Å². The van der Waals surface area contributed by atoms with E-state index >= 15 is 0 Å². The average molecular weight is 344 g/mol. The number of unbranched alkanes of at least 4 members (excludes halogenated alkanes) is 2. The maximum atomic E-state index is 5.62. The highest BCUT2D eigenvalue weighted by Gasteiger charge is 2.07. The van der Waals surface area contributed by atoms with Crippen LogP contribution in [0, 0.1) is 0 Å². The minimum atomic E-state index is 0.630. The van der Waals surface area contributed by atoms with E-state index in [9.17, 15) is 0 Å². The highest BCUT2D eigenvalue weighted by Crippen LogP contribution is 2.11. The number of pyridine rings is 1. The second kappa shape index (κ2) is 10.1. The zero-order chi connectivity index (χ0) is 17.9. The highest BCUT2D eigenvalue weighted by atomic mass is 16.6. The third-order valence-electron chi connectivity index (χ3n) is 4.18. The Morgan fingerprint density at radius 2 is 1.50 bits per heavy atom. The van der Waals surface area contributed by atoms with Crippen LogP contribution in [0.2, 0.25) is 0 Å². The van der Waals surface area contributed by atoms with Gasteiger partial charge in [0.25, 0.3) is 0 Å². The number of aromatic nitrogens is 1. The summed E-state index contributed by atoms with van der Waals surface area (Å²) in [5, 5.41) is 4.40. The summed E-state index contributed by atoms with van der Waals surface area (Å²) in [6.45, 7) is 0.630. The molecule has 0 N–H and O–H groups in total. The van der Waals surface area contributed by atoms with Crippen LogP contribution in [0.25, 0.3) is 0 Å². The van der Waals surface area contributed by atoms with Crippen molar-refractivity contribution in [3.8, 4) is 0 Å². The van der Waals surface area contributed by atoms with Gasteiger partial charge in [-0.3, -0.25) is 4.98 Å². The standard InChI is InChI=1S/C23H24N2O/c1-4-11-20(12-5-1)13-6-3-9-18-26-25-23(21-14-7-2-8-15-21)22-16-10-17-24-19-22/h1-2,4-5,7-8,10-12,14-17,19H,3,6,9,13,18H2. The van der Waals surface area contributed by atoms with E-state index in [-0.39, 0.29) is 0 Å². The van der Waals surface area contributed by atoms with Crippen LogP contribution in [0.5, 0.6) is 0 Å². The van der Waals surface area contributed by atoms with Crippen LogP contribution < -0.4 is 0 Å². The Labute approximate surface area is 155 Å². The summed E-state index contributed by atoms with van der Waals surface area (Å²) in [5.41, 5.74) is 4.21. The topological polar surface area (TPSA) is 34.5 Å². The molecule has 1 aromatic heterocycles. The number of hydrogen-bond donors (Lipinski definition) is 0. The summed E-state index contributed by atoms with van der Waals surface area (Å²) in [4.78, 5) is 9.81. The molecule has 0 aliphatic carbocycles. The maximum Gasteiger partial charge on any atom is 0.118 e. The molecule has 0 aliphatic rings. The van der Waals surface area contributed by atoms with Crippen molar-refractivity contribution in [1.82, 2.24) is 4.98 Å². The fourth-order valence-corrected chi connectivity index (χ4v) is 2.80. The lowest BCUT2D eigenvalue weighted by atomic mass is 10.0. The van der Waals surface area contributed by atoms with Gasteiger partial charge in [0.1, 0.15) is 12.3 Å². The quantitative estimate of drug-likeness (QED) is 0.301. The number of hydrogen-bond acceptors (Lipinski definition) is 3. The predicted octanol–water partition coefficient (Wildman–Crippen LogP) is 5.26. The van der Waals surface area contributed by atoms with E-state index in [1.807, 2.05) is 48.7 Å². The first-order chi connectivity index (χ1) is 12.9. The molecule has 0 radical (unpaired) electrons. The molecule has 1 heterocycles. The minimum absolute atomic E-state index is 0.630. The minimum Gasteiger partial charge on any atom is -0.395 e. The van der Waals surface area contributed by atoms with Crippen LogP contribution >= 0.6 is 0 Å². The molecule has 3 aromatic rings. The lowest BCUT2D eigenvalue weighted by Gasteiger charge is -2.07. The van der Waals surface area contributed by atoms with Crippen molar-refractivity contribution in [1.29, 1.82) is 0 Å². The van der Waals surface area contributed by atoms with Crippen molar-refractivity contribution >= 4 is 5.71 Å². The van der Waals surface area contributed by atoms with Gasteiger partial charge in [0.05, 0.1) is 0 Å². The molecule has 132 valence electrons. The zero-order valence-corrected chi connectivity index (χ0v) is 14.9. The van der Waals surface area contributed by atoms with E-state index in [0.29, 0.717) is 6.61 Å². The first-order valence-corrected chi connectivity index (χ1v) is 9.13. The smallest absolute Gasteiger partial charge is 0.118 e. The molecule has 0 saturated carbocycles. The summed E-state index contributed by atoms with van der Waals surface area (Å²) in [6, 6.07) is 24.6. The fraction of sp³-hybridized carbons (Fsp3) is 0.217.